The molecule has 0 unspecified atom stereocenters. The van der Waals surface area contributed by atoms with E-state index in [2.05, 4.69) is 14.8 Å². The fourth-order valence-corrected chi connectivity index (χ4v) is 3.33. The van der Waals surface area contributed by atoms with E-state index in [1.165, 1.54) is 0 Å². The second-order valence-corrected chi connectivity index (χ2v) is 8.34. The van der Waals surface area contributed by atoms with Crippen LogP contribution in [0.3, 0.4) is 0 Å². The average Bonchev–Trinajstić information content (AvgIpc) is 2.46. The summed E-state index contributed by atoms with van der Waals surface area (Å²) in [4.78, 5) is 8.67. The summed E-state index contributed by atoms with van der Waals surface area (Å²) in [5.41, 5.74) is 6.63. The van der Waals surface area contributed by atoms with Crippen molar-refractivity contribution < 1.29 is 8.42 Å². The fraction of sp³-hybridized carbons (Fsp3) is 0.643. The first kappa shape index (κ1) is 16.0. The molecule has 118 valence electrons. The molecule has 2 rings (SSSR count). The summed E-state index contributed by atoms with van der Waals surface area (Å²) in [5, 5.41) is -0.299. The zero-order valence-corrected chi connectivity index (χ0v) is 13.5. The number of hydrogen-bond donors (Lipinski definition) is 1. The minimum atomic E-state index is -2.96. The Morgan fingerprint density at radius 3 is 2.52 bits per heavy atom. The molecule has 1 saturated heterocycles. The van der Waals surface area contributed by atoms with Crippen molar-refractivity contribution in [1.29, 1.82) is 0 Å². The van der Waals surface area contributed by atoms with E-state index >= 15 is 0 Å². The molecule has 0 bridgehead atoms. The van der Waals surface area contributed by atoms with Gasteiger partial charge in [-0.15, -0.1) is 0 Å². The summed E-state index contributed by atoms with van der Waals surface area (Å²) in [6.45, 7) is 7.39. The van der Waals surface area contributed by atoms with Crippen LogP contribution in [0, 0.1) is 0 Å². The van der Waals surface area contributed by atoms with Gasteiger partial charge in [0.1, 0.15) is 0 Å². The maximum atomic E-state index is 11.8. The molecule has 1 aliphatic heterocycles. The van der Waals surface area contributed by atoms with Gasteiger partial charge in [-0.05, 0) is 26.0 Å². The topological polar surface area (TPSA) is 79.5 Å². The number of nitrogens with zero attached hydrogens (tertiary/aromatic N) is 3. The van der Waals surface area contributed by atoms with E-state index in [0.717, 1.165) is 32.0 Å². The lowest BCUT2D eigenvalue weighted by Gasteiger charge is -2.35. The molecule has 1 aromatic heterocycles. The molecule has 1 aliphatic rings. The van der Waals surface area contributed by atoms with Gasteiger partial charge in [0.25, 0.3) is 0 Å². The van der Waals surface area contributed by atoms with Gasteiger partial charge < -0.3 is 10.6 Å². The Kier molecular flexibility index (Phi) is 5.05. The maximum absolute atomic E-state index is 11.8. The molecule has 0 amide bonds. The fourth-order valence-electron chi connectivity index (χ4n) is 2.35. The van der Waals surface area contributed by atoms with Gasteiger partial charge in [0.05, 0.1) is 16.7 Å². The van der Waals surface area contributed by atoms with Crippen molar-refractivity contribution in [3.63, 3.8) is 0 Å². The van der Waals surface area contributed by atoms with E-state index in [1.807, 2.05) is 12.1 Å². The second-order valence-electron chi connectivity index (χ2n) is 5.66. The van der Waals surface area contributed by atoms with E-state index in [-0.39, 0.29) is 11.0 Å². The highest BCUT2D eigenvalue weighted by atomic mass is 32.2. The number of pyridine rings is 1. The molecule has 1 fully saturated rings. The van der Waals surface area contributed by atoms with Gasteiger partial charge in [0.15, 0.2) is 15.7 Å². The lowest BCUT2D eigenvalue weighted by atomic mass is 10.3. The Hall–Kier alpha value is -1.34. The number of nitrogen functional groups attached to an aromatic ring is 1. The number of sulfone groups is 1. The number of nitrogens with two attached hydrogens (primary N) is 1. The minimum Gasteiger partial charge on any atom is -0.396 e. The number of piperazine rings is 1. The van der Waals surface area contributed by atoms with Crippen LogP contribution in [0.15, 0.2) is 18.3 Å². The van der Waals surface area contributed by atoms with Crippen LogP contribution < -0.4 is 10.6 Å². The Morgan fingerprint density at radius 1 is 1.29 bits per heavy atom. The lowest BCUT2D eigenvalue weighted by Crippen LogP contribution is -2.48. The number of rotatable bonds is 5. The first-order valence-electron chi connectivity index (χ1n) is 7.29. The molecule has 0 atom stereocenters. The van der Waals surface area contributed by atoms with Crippen LogP contribution in [0.4, 0.5) is 11.5 Å². The first-order valence-corrected chi connectivity index (χ1v) is 9.01. The largest absolute Gasteiger partial charge is 0.396 e. The quantitative estimate of drug-likeness (QED) is 0.858. The van der Waals surface area contributed by atoms with E-state index in [9.17, 15) is 8.42 Å². The molecular weight excluding hydrogens is 288 g/mol. The van der Waals surface area contributed by atoms with Gasteiger partial charge in [0.2, 0.25) is 0 Å². The van der Waals surface area contributed by atoms with Crippen LogP contribution in [0.5, 0.6) is 0 Å². The van der Waals surface area contributed by atoms with Crippen LogP contribution in [0.1, 0.15) is 13.8 Å². The minimum absolute atomic E-state index is 0.233. The molecule has 0 saturated carbocycles. The summed E-state index contributed by atoms with van der Waals surface area (Å²) >= 11 is 0. The van der Waals surface area contributed by atoms with Crippen LogP contribution >= 0.6 is 0 Å². The highest BCUT2D eigenvalue weighted by molar-refractivity contribution is 7.92. The third kappa shape index (κ3) is 4.07. The van der Waals surface area contributed by atoms with Crippen molar-refractivity contribution in [2.45, 2.75) is 19.1 Å². The smallest absolute Gasteiger partial charge is 0.153 e. The molecule has 0 radical (unpaired) electrons. The second kappa shape index (κ2) is 6.62. The SMILES string of the molecule is CC(C)S(=O)(=O)CCN1CCN(c2ncccc2N)CC1. The van der Waals surface area contributed by atoms with Crippen molar-refractivity contribution in [3.8, 4) is 0 Å². The Labute approximate surface area is 126 Å². The summed E-state index contributed by atoms with van der Waals surface area (Å²) in [5.74, 6) is 1.06. The van der Waals surface area contributed by atoms with Gasteiger partial charge >= 0.3 is 0 Å². The zero-order chi connectivity index (χ0) is 15.5. The Morgan fingerprint density at radius 2 is 1.95 bits per heavy atom. The third-order valence-corrected chi connectivity index (χ3v) is 6.09. The molecular formula is C14H24N4O2S. The standard InChI is InChI=1S/C14H24N4O2S/c1-12(2)21(19,20)11-10-17-6-8-18(9-7-17)14-13(15)4-3-5-16-14/h3-5,12H,6-11,15H2,1-2H3. The molecule has 2 heterocycles. The van der Waals surface area contributed by atoms with Gasteiger partial charge in [-0.25, -0.2) is 13.4 Å². The van der Waals surface area contributed by atoms with Gasteiger partial charge in [0, 0.05) is 38.9 Å². The van der Waals surface area contributed by atoms with Crippen LogP contribution in [-0.2, 0) is 9.84 Å². The Balaban J connectivity index is 1.85. The van der Waals surface area contributed by atoms with Crippen LogP contribution in [-0.4, -0.2) is 62.0 Å². The normalized spacial score (nSPS) is 17.4. The molecule has 0 aromatic carbocycles. The monoisotopic (exact) mass is 312 g/mol. The average molecular weight is 312 g/mol. The van der Waals surface area contributed by atoms with Crippen molar-refractivity contribution >= 4 is 21.3 Å². The molecule has 7 heteroatoms. The summed E-state index contributed by atoms with van der Waals surface area (Å²) in [7, 11) is -2.96. The molecule has 21 heavy (non-hydrogen) atoms. The predicted octanol–water partition coefficient (Wildman–Crippen LogP) is 0.609. The van der Waals surface area contributed by atoms with Crippen molar-refractivity contribution in [2.24, 2.45) is 0 Å². The Bertz CT molecular complexity index is 566. The zero-order valence-electron chi connectivity index (χ0n) is 12.7. The van der Waals surface area contributed by atoms with Crippen molar-refractivity contribution in [1.82, 2.24) is 9.88 Å². The van der Waals surface area contributed by atoms with E-state index < -0.39 is 9.84 Å². The molecule has 2 N–H and O–H groups in total. The van der Waals surface area contributed by atoms with Crippen LogP contribution in [0.2, 0.25) is 0 Å². The van der Waals surface area contributed by atoms with Crippen molar-refractivity contribution in [2.75, 3.05) is 49.1 Å². The highest BCUT2D eigenvalue weighted by Crippen LogP contribution is 2.20. The highest BCUT2D eigenvalue weighted by Gasteiger charge is 2.22. The number of hydrogen-bond acceptors (Lipinski definition) is 6. The number of anilines is 2. The molecule has 1 aromatic rings. The van der Waals surface area contributed by atoms with E-state index in [1.54, 1.807) is 20.0 Å². The molecule has 0 spiro atoms. The van der Waals surface area contributed by atoms with Crippen molar-refractivity contribution in [3.05, 3.63) is 18.3 Å². The molecule has 0 aliphatic carbocycles. The predicted molar refractivity (Wildman–Crippen MR) is 86.2 cm³/mol. The van der Waals surface area contributed by atoms with E-state index in [0.29, 0.717) is 12.2 Å². The van der Waals surface area contributed by atoms with Gasteiger partial charge in [-0.1, -0.05) is 0 Å². The molecule has 6 nitrogen and oxygen atoms in total. The van der Waals surface area contributed by atoms with Gasteiger partial charge in [-0.3, -0.25) is 4.90 Å². The number of aromatic nitrogens is 1. The third-order valence-electron chi connectivity index (χ3n) is 3.90. The van der Waals surface area contributed by atoms with E-state index in [4.69, 9.17) is 5.73 Å². The van der Waals surface area contributed by atoms with Gasteiger partial charge in [-0.2, -0.15) is 0 Å². The first-order chi connectivity index (χ1) is 9.90. The summed E-state index contributed by atoms with van der Waals surface area (Å²) in [6.07, 6.45) is 1.74. The lowest BCUT2D eigenvalue weighted by molar-refractivity contribution is 0.271. The maximum Gasteiger partial charge on any atom is 0.153 e. The van der Waals surface area contributed by atoms with Crippen LogP contribution in [0.25, 0.3) is 0 Å². The summed E-state index contributed by atoms with van der Waals surface area (Å²) < 4.78 is 23.7. The summed E-state index contributed by atoms with van der Waals surface area (Å²) in [6, 6.07) is 3.68.